The number of aromatic nitrogens is 3. The summed E-state index contributed by atoms with van der Waals surface area (Å²) in [5, 5.41) is 15.7. The summed E-state index contributed by atoms with van der Waals surface area (Å²) in [6.45, 7) is 4.48. The van der Waals surface area contributed by atoms with Gasteiger partial charge in [0.2, 0.25) is 0 Å². The second-order valence-corrected chi connectivity index (χ2v) is 5.24. The van der Waals surface area contributed by atoms with Crippen molar-refractivity contribution in [1.82, 2.24) is 14.8 Å². The molecule has 4 nitrogen and oxygen atoms in total. The zero-order chi connectivity index (χ0) is 14.3. The van der Waals surface area contributed by atoms with Gasteiger partial charge in [0.15, 0.2) is 5.65 Å². The summed E-state index contributed by atoms with van der Waals surface area (Å²) in [4.78, 5) is 4.66. The number of fused-ring (bicyclic) bond motifs is 2. The Bertz CT molecular complexity index is 858. The molecule has 0 bridgehead atoms. The predicted molar refractivity (Wildman–Crippen MR) is 79.7 cm³/mol. The third kappa shape index (κ3) is 1.91. The third-order valence-corrected chi connectivity index (χ3v) is 3.76. The second-order valence-electron chi connectivity index (χ2n) is 4.86. The molecule has 20 heavy (non-hydrogen) atoms. The van der Waals surface area contributed by atoms with Gasteiger partial charge >= 0.3 is 0 Å². The Morgan fingerprint density at radius 1 is 1.35 bits per heavy atom. The molecule has 0 radical (unpaired) electrons. The smallest absolute Gasteiger partial charge is 0.160 e. The van der Waals surface area contributed by atoms with Crippen LogP contribution in [-0.4, -0.2) is 14.8 Å². The maximum atomic E-state index is 8.73. The number of benzene rings is 1. The van der Waals surface area contributed by atoms with Crippen molar-refractivity contribution in [2.75, 3.05) is 0 Å². The fourth-order valence-corrected chi connectivity index (χ4v) is 2.80. The lowest BCUT2D eigenvalue weighted by molar-refractivity contribution is 0.638. The van der Waals surface area contributed by atoms with Gasteiger partial charge < -0.3 is 0 Å². The van der Waals surface area contributed by atoms with Crippen molar-refractivity contribution in [3.05, 3.63) is 34.5 Å². The van der Waals surface area contributed by atoms with Crippen molar-refractivity contribution in [1.29, 1.82) is 5.26 Å². The van der Waals surface area contributed by atoms with Crippen LogP contribution in [-0.2, 0) is 6.54 Å². The van der Waals surface area contributed by atoms with E-state index in [-0.39, 0.29) is 0 Å². The van der Waals surface area contributed by atoms with Crippen LogP contribution in [0.25, 0.3) is 21.9 Å². The molecule has 0 amide bonds. The summed E-state index contributed by atoms with van der Waals surface area (Å²) >= 11 is 6.54. The van der Waals surface area contributed by atoms with Crippen LogP contribution in [0.3, 0.4) is 0 Å². The number of aryl methyl sites for hydroxylation is 3. The topological polar surface area (TPSA) is 54.5 Å². The van der Waals surface area contributed by atoms with E-state index in [9.17, 15) is 0 Å². The summed E-state index contributed by atoms with van der Waals surface area (Å²) in [6.07, 6.45) is 0.404. The predicted octanol–water partition coefficient (Wildman–Crippen LogP) is 3.77. The zero-order valence-corrected chi connectivity index (χ0v) is 12.1. The Hall–Kier alpha value is -2.12. The van der Waals surface area contributed by atoms with Gasteiger partial charge in [-0.3, -0.25) is 0 Å². The molecule has 3 rings (SSSR count). The minimum absolute atomic E-state index is 0.404. The lowest BCUT2D eigenvalue weighted by Gasteiger charge is -2.05. The molecule has 0 unspecified atom stereocenters. The van der Waals surface area contributed by atoms with Crippen LogP contribution >= 0.6 is 11.6 Å². The first-order valence-electron chi connectivity index (χ1n) is 6.41. The van der Waals surface area contributed by atoms with E-state index < -0.39 is 0 Å². The zero-order valence-electron chi connectivity index (χ0n) is 11.3. The van der Waals surface area contributed by atoms with E-state index in [2.05, 4.69) is 16.2 Å². The quantitative estimate of drug-likeness (QED) is 0.720. The van der Waals surface area contributed by atoms with Crippen LogP contribution in [0, 0.1) is 25.2 Å². The number of halogens is 1. The standard InChI is InChI=1S/C15H13ClN4/c1-9-4-5-12-11(8-9)14(16)13-10(2)19-20(7-3-6-17)15(13)18-12/h4-5,8H,3,7H2,1-2H3. The van der Waals surface area contributed by atoms with Gasteiger partial charge in [-0.1, -0.05) is 23.2 Å². The number of nitriles is 1. The summed E-state index contributed by atoms with van der Waals surface area (Å²) in [6, 6.07) is 8.15. The van der Waals surface area contributed by atoms with E-state index in [1.54, 1.807) is 4.68 Å². The maximum Gasteiger partial charge on any atom is 0.160 e. The molecule has 0 aliphatic heterocycles. The van der Waals surface area contributed by atoms with E-state index in [4.69, 9.17) is 16.9 Å². The van der Waals surface area contributed by atoms with E-state index in [0.29, 0.717) is 18.0 Å². The van der Waals surface area contributed by atoms with Crippen LogP contribution in [0.4, 0.5) is 0 Å². The largest absolute Gasteiger partial charge is 0.246 e. The van der Waals surface area contributed by atoms with Gasteiger partial charge in [0.1, 0.15) is 0 Å². The highest BCUT2D eigenvalue weighted by atomic mass is 35.5. The van der Waals surface area contributed by atoms with Gasteiger partial charge in [0.05, 0.1) is 40.7 Å². The fraction of sp³-hybridized carbons (Fsp3) is 0.267. The molecule has 0 saturated carbocycles. The summed E-state index contributed by atoms with van der Waals surface area (Å²) in [5.41, 5.74) is 3.60. The van der Waals surface area contributed by atoms with Crippen LogP contribution in [0.5, 0.6) is 0 Å². The first kappa shape index (κ1) is 12.9. The van der Waals surface area contributed by atoms with Crippen molar-refractivity contribution in [2.45, 2.75) is 26.8 Å². The monoisotopic (exact) mass is 284 g/mol. The molecule has 0 saturated heterocycles. The van der Waals surface area contributed by atoms with Crippen molar-refractivity contribution < 1.29 is 0 Å². The molecular formula is C15H13ClN4. The number of nitrogens with zero attached hydrogens (tertiary/aromatic N) is 4. The van der Waals surface area contributed by atoms with Gasteiger partial charge in [-0.15, -0.1) is 0 Å². The van der Waals surface area contributed by atoms with E-state index in [1.165, 1.54) is 0 Å². The Morgan fingerprint density at radius 2 is 2.15 bits per heavy atom. The molecule has 0 aliphatic rings. The van der Waals surface area contributed by atoms with Crippen LogP contribution in [0.15, 0.2) is 18.2 Å². The molecule has 0 fully saturated rings. The van der Waals surface area contributed by atoms with Gasteiger partial charge in [0.25, 0.3) is 0 Å². The minimum Gasteiger partial charge on any atom is -0.246 e. The third-order valence-electron chi connectivity index (χ3n) is 3.37. The molecule has 0 N–H and O–H groups in total. The lowest BCUT2D eigenvalue weighted by atomic mass is 10.1. The minimum atomic E-state index is 0.404. The lowest BCUT2D eigenvalue weighted by Crippen LogP contribution is -2.00. The highest BCUT2D eigenvalue weighted by Crippen LogP contribution is 2.32. The van der Waals surface area contributed by atoms with Crippen LogP contribution in [0.2, 0.25) is 5.02 Å². The van der Waals surface area contributed by atoms with Gasteiger partial charge in [-0.05, 0) is 26.0 Å². The Kier molecular flexibility index (Phi) is 3.07. The number of pyridine rings is 1. The SMILES string of the molecule is Cc1ccc2nc3c(c(C)nn3CCC#N)c(Cl)c2c1. The van der Waals surface area contributed by atoms with E-state index in [0.717, 1.165) is 33.2 Å². The molecule has 0 atom stereocenters. The molecule has 100 valence electrons. The molecule has 0 spiro atoms. The average molecular weight is 285 g/mol. The van der Waals surface area contributed by atoms with Crippen molar-refractivity contribution >= 4 is 33.5 Å². The Morgan fingerprint density at radius 3 is 2.90 bits per heavy atom. The molecule has 5 heteroatoms. The van der Waals surface area contributed by atoms with Crippen LogP contribution in [0.1, 0.15) is 17.7 Å². The van der Waals surface area contributed by atoms with Gasteiger partial charge in [-0.2, -0.15) is 10.4 Å². The first-order valence-corrected chi connectivity index (χ1v) is 6.79. The molecule has 1 aromatic carbocycles. The fourth-order valence-electron chi connectivity index (χ4n) is 2.42. The highest BCUT2D eigenvalue weighted by molar-refractivity contribution is 6.40. The molecule has 3 aromatic rings. The number of hydrogen-bond donors (Lipinski definition) is 0. The van der Waals surface area contributed by atoms with Crippen molar-refractivity contribution in [3.8, 4) is 6.07 Å². The highest BCUT2D eigenvalue weighted by Gasteiger charge is 2.15. The van der Waals surface area contributed by atoms with E-state index in [1.807, 2.05) is 32.0 Å². The van der Waals surface area contributed by atoms with Gasteiger partial charge in [0, 0.05) is 5.39 Å². The second kappa shape index (κ2) is 4.77. The van der Waals surface area contributed by atoms with Crippen molar-refractivity contribution in [2.24, 2.45) is 0 Å². The normalized spacial score (nSPS) is 11.1. The Balaban J connectivity index is 2.36. The molecule has 2 heterocycles. The van der Waals surface area contributed by atoms with Crippen molar-refractivity contribution in [3.63, 3.8) is 0 Å². The molecule has 2 aromatic heterocycles. The van der Waals surface area contributed by atoms with E-state index >= 15 is 0 Å². The summed E-state index contributed by atoms with van der Waals surface area (Å²) < 4.78 is 1.76. The number of hydrogen-bond acceptors (Lipinski definition) is 3. The summed E-state index contributed by atoms with van der Waals surface area (Å²) in [5.74, 6) is 0. The van der Waals surface area contributed by atoms with Gasteiger partial charge in [-0.25, -0.2) is 9.67 Å². The maximum absolute atomic E-state index is 8.73. The molecule has 0 aliphatic carbocycles. The number of rotatable bonds is 2. The summed E-state index contributed by atoms with van der Waals surface area (Å²) in [7, 11) is 0. The Labute approximate surface area is 121 Å². The average Bonchev–Trinajstić information content (AvgIpc) is 2.74. The molecular weight excluding hydrogens is 272 g/mol. The first-order chi connectivity index (χ1) is 9.61. The van der Waals surface area contributed by atoms with Crippen LogP contribution < -0.4 is 0 Å².